The molecule has 0 saturated carbocycles. The first-order chi connectivity index (χ1) is 10.1. The summed E-state index contributed by atoms with van der Waals surface area (Å²) >= 11 is 0. The van der Waals surface area contributed by atoms with Gasteiger partial charge in [-0.25, -0.2) is 9.97 Å². The highest BCUT2D eigenvalue weighted by Crippen LogP contribution is 2.25. The van der Waals surface area contributed by atoms with Crippen LogP contribution in [0.2, 0.25) is 0 Å². The van der Waals surface area contributed by atoms with Crippen LogP contribution in [0.1, 0.15) is 25.5 Å². The maximum atomic E-state index is 5.77. The Morgan fingerprint density at radius 3 is 3.00 bits per heavy atom. The van der Waals surface area contributed by atoms with E-state index >= 15 is 0 Å². The van der Waals surface area contributed by atoms with Gasteiger partial charge in [-0.05, 0) is 32.8 Å². The molecule has 21 heavy (non-hydrogen) atoms. The van der Waals surface area contributed by atoms with Crippen LogP contribution in [0.5, 0.6) is 0 Å². The molecular weight excluding hydrogens is 266 g/mol. The number of nitrogens with one attached hydrogen (secondary N) is 1. The first-order valence-corrected chi connectivity index (χ1v) is 7.27. The highest BCUT2D eigenvalue weighted by Gasteiger charge is 2.29. The molecule has 1 aliphatic heterocycles. The molecule has 0 spiro atoms. The summed E-state index contributed by atoms with van der Waals surface area (Å²) in [6, 6.07) is 1.91. The number of nitrogens with zero attached hydrogens (tertiary/aromatic N) is 4. The minimum atomic E-state index is -0.108. The molecule has 112 valence electrons. The number of hydrogen-bond donors (Lipinski definition) is 1. The fourth-order valence-corrected chi connectivity index (χ4v) is 2.69. The maximum Gasteiger partial charge on any atom is 0.223 e. The van der Waals surface area contributed by atoms with E-state index in [1.807, 2.05) is 26.2 Å². The lowest BCUT2D eigenvalue weighted by atomic mass is 10.0. The molecule has 1 saturated heterocycles. The van der Waals surface area contributed by atoms with Gasteiger partial charge in [0.25, 0.3) is 0 Å². The molecule has 0 bridgehead atoms. The zero-order chi connectivity index (χ0) is 14.9. The fourth-order valence-electron chi connectivity index (χ4n) is 2.69. The molecule has 0 radical (unpaired) electrons. The Morgan fingerprint density at radius 2 is 2.33 bits per heavy atom. The van der Waals surface area contributed by atoms with Crippen LogP contribution in [0.15, 0.2) is 18.5 Å². The Bertz CT molecular complexity index is 631. The lowest BCUT2D eigenvalue weighted by Crippen LogP contribution is -2.33. The van der Waals surface area contributed by atoms with Gasteiger partial charge in [0.2, 0.25) is 5.95 Å². The van der Waals surface area contributed by atoms with Gasteiger partial charge < -0.3 is 10.1 Å². The van der Waals surface area contributed by atoms with Gasteiger partial charge in [0.05, 0.1) is 17.0 Å². The third-order valence-electron chi connectivity index (χ3n) is 3.87. The Hall–Kier alpha value is -1.95. The molecule has 0 unspecified atom stereocenters. The summed E-state index contributed by atoms with van der Waals surface area (Å²) in [5, 5.41) is 7.64. The summed E-state index contributed by atoms with van der Waals surface area (Å²) in [5.74, 6) is 0.632. The average molecular weight is 287 g/mol. The van der Waals surface area contributed by atoms with E-state index < -0.39 is 0 Å². The van der Waals surface area contributed by atoms with Crippen LogP contribution < -0.4 is 5.32 Å². The van der Waals surface area contributed by atoms with Crippen molar-refractivity contribution in [2.24, 2.45) is 7.05 Å². The third kappa shape index (κ3) is 3.05. The van der Waals surface area contributed by atoms with Crippen LogP contribution in [-0.4, -0.2) is 38.5 Å². The Balaban J connectivity index is 1.75. The predicted molar refractivity (Wildman–Crippen MR) is 81.1 cm³/mol. The molecule has 1 N–H and O–H groups in total. The normalized spacial score (nSPS) is 21.7. The molecule has 6 heteroatoms. The highest BCUT2D eigenvalue weighted by molar-refractivity contribution is 5.61. The number of aryl methyl sites for hydroxylation is 2. The molecule has 2 aromatic rings. The molecule has 3 rings (SSSR count). The molecular formula is C15H21N5O. The molecule has 6 nitrogen and oxygen atoms in total. The zero-order valence-electron chi connectivity index (χ0n) is 12.8. The van der Waals surface area contributed by atoms with Gasteiger partial charge in [-0.1, -0.05) is 0 Å². The summed E-state index contributed by atoms with van der Waals surface area (Å²) in [6.45, 7) is 5.68. The summed E-state index contributed by atoms with van der Waals surface area (Å²) in [5.41, 5.74) is 2.78. The highest BCUT2D eigenvalue weighted by atomic mass is 16.5. The van der Waals surface area contributed by atoms with Crippen molar-refractivity contribution in [1.82, 2.24) is 19.7 Å². The second kappa shape index (κ2) is 5.44. The molecule has 0 aliphatic carbocycles. The minimum absolute atomic E-state index is 0.108. The topological polar surface area (TPSA) is 64.9 Å². The van der Waals surface area contributed by atoms with Crippen molar-refractivity contribution in [2.45, 2.75) is 32.3 Å². The first kappa shape index (κ1) is 14.0. The van der Waals surface area contributed by atoms with Gasteiger partial charge in [-0.15, -0.1) is 0 Å². The van der Waals surface area contributed by atoms with E-state index in [2.05, 4.69) is 27.3 Å². The number of anilines is 1. The van der Waals surface area contributed by atoms with Crippen LogP contribution in [0.3, 0.4) is 0 Å². The fraction of sp³-hybridized carbons (Fsp3) is 0.533. The Labute approximate surface area is 124 Å². The van der Waals surface area contributed by atoms with E-state index in [1.165, 1.54) is 0 Å². The van der Waals surface area contributed by atoms with Gasteiger partial charge in [-0.2, -0.15) is 5.10 Å². The summed E-state index contributed by atoms with van der Waals surface area (Å²) in [4.78, 5) is 8.87. The van der Waals surface area contributed by atoms with Crippen molar-refractivity contribution < 1.29 is 4.74 Å². The van der Waals surface area contributed by atoms with Gasteiger partial charge in [-0.3, -0.25) is 4.68 Å². The van der Waals surface area contributed by atoms with Crippen molar-refractivity contribution in [3.05, 3.63) is 24.2 Å². The zero-order valence-corrected chi connectivity index (χ0v) is 12.8. The molecule has 2 aromatic heterocycles. The SMILES string of the molecule is Cc1nn(C)cc1-c1ccnc(NC[C@]2(C)CCCO2)n1. The van der Waals surface area contributed by atoms with E-state index in [1.54, 1.807) is 10.9 Å². The smallest absolute Gasteiger partial charge is 0.223 e. The van der Waals surface area contributed by atoms with E-state index in [0.717, 1.165) is 42.9 Å². The van der Waals surface area contributed by atoms with E-state index in [-0.39, 0.29) is 5.60 Å². The third-order valence-corrected chi connectivity index (χ3v) is 3.87. The summed E-state index contributed by atoms with van der Waals surface area (Å²) in [6.07, 6.45) is 5.94. The Kier molecular flexibility index (Phi) is 3.63. The lowest BCUT2D eigenvalue weighted by Gasteiger charge is -2.23. The number of hydrogen-bond acceptors (Lipinski definition) is 5. The molecule has 1 atom stereocenters. The van der Waals surface area contributed by atoms with Crippen molar-refractivity contribution in [2.75, 3.05) is 18.5 Å². The van der Waals surface area contributed by atoms with Gasteiger partial charge in [0.1, 0.15) is 0 Å². The van der Waals surface area contributed by atoms with Crippen LogP contribution >= 0.6 is 0 Å². The standard InChI is InChI=1S/C15H21N5O/c1-11-12(9-20(3)19-11)13-5-7-16-14(18-13)17-10-15(2)6-4-8-21-15/h5,7,9H,4,6,8,10H2,1-3H3,(H,16,17,18)/t15-/m0/s1. The molecule has 3 heterocycles. The molecule has 0 amide bonds. The lowest BCUT2D eigenvalue weighted by molar-refractivity contribution is 0.0314. The maximum absolute atomic E-state index is 5.77. The average Bonchev–Trinajstić information content (AvgIpc) is 3.04. The van der Waals surface area contributed by atoms with Crippen LogP contribution in [0.4, 0.5) is 5.95 Å². The van der Waals surface area contributed by atoms with Crippen molar-refractivity contribution in [3.8, 4) is 11.3 Å². The number of rotatable bonds is 4. The van der Waals surface area contributed by atoms with Crippen LogP contribution in [0.25, 0.3) is 11.3 Å². The quantitative estimate of drug-likeness (QED) is 0.933. The first-order valence-electron chi connectivity index (χ1n) is 7.27. The predicted octanol–water partition coefficient (Wildman–Crippen LogP) is 2.17. The monoisotopic (exact) mass is 287 g/mol. The number of ether oxygens (including phenoxy) is 1. The van der Waals surface area contributed by atoms with Crippen LogP contribution in [-0.2, 0) is 11.8 Å². The van der Waals surface area contributed by atoms with Crippen molar-refractivity contribution in [3.63, 3.8) is 0 Å². The van der Waals surface area contributed by atoms with E-state index in [0.29, 0.717) is 5.95 Å². The summed E-state index contributed by atoms with van der Waals surface area (Å²) < 4.78 is 7.57. The number of aromatic nitrogens is 4. The molecule has 0 aromatic carbocycles. The Morgan fingerprint density at radius 1 is 1.48 bits per heavy atom. The van der Waals surface area contributed by atoms with Crippen molar-refractivity contribution in [1.29, 1.82) is 0 Å². The molecule has 1 fully saturated rings. The summed E-state index contributed by atoms with van der Waals surface area (Å²) in [7, 11) is 1.91. The molecule has 1 aliphatic rings. The largest absolute Gasteiger partial charge is 0.373 e. The van der Waals surface area contributed by atoms with Gasteiger partial charge >= 0.3 is 0 Å². The second-order valence-corrected chi connectivity index (χ2v) is 5.82. The van der Waals surface area contributed by atoms with Crippen LogP contribution in [0, 0.1) is 6.92 Å². The van der Waals surface area contributed by atoms with E-state index in [4.69, 9.17) is 4.74 Å². The van der Waals surface area contributed by atoms with Gasteiger partial charge in [0, 0.05) is 38.2 Å². The second-order valence-electron chi connectivity index (χ2n) is 5.82. The van der Waals surface area contributed by atoms with Crippen molar-refractivity contribution >= 4 is 5.95 Å². The van der Waals surface area contributed by atoms with E-state index in [9.17, 15) is 0 Å². The minimum Gasteiger partial charge on any atom is -0.373 e. The van der Waals surface area contributed by atoms with Gasteiger partial charge in [0.15, 0.2) is 0 Å².